The summed E-state index contributed by atoms with van der Waals surface area (Å²) in [4.78, 5) is 16.5. The van der Waals surface area contributed by atoms with Crippen LogP contribution in [0.4, 0.5) is 0 Å². The molecule has 5 heterocycles. The summed E-state index contributed by atoms with van der Waals surface area (Å²) in [7, 11) is 0. The van der Waals surface area contributed by atoms with Crippen molar-refractivity contribution in [2.24, 2.45) is 0 Å². The number of rotatable bonds is 2. The summed E-state index contributed by atoms with van der Waals surface area (Å²) in [6.07, 6.45) is 7.22. The highest BCUT2D eigenvalue weighted by atomic mass is 15.1. The van der Waals surface area contributed by atoms with E-state index >= 15 is 0 Å². The Morgan fingerprint density at radius 3 is 2.84 bits per heavy atom. The van der Waals surface area contributed by atoms with Crippen molar-refractivity contribution in [3.63, 3.8) is 0 Å². The predicted molar refractivity (Wildman–Crippen MR) is 96.9 cm³/mol. The first-order valence-corrected chi connectivity index (χ1v) is 7.99. The molecule has 0 unspecified atom stereocenters. The SMILES string of the molecule is Cc1ccncc1-c1cc2c(-c3cc4cccnc4[nH]3)n[nH]c2cn1. The number of aryl methyl sites for hydroxylation is 1. The summed E-state index contributed by atoms with van der Waals surface area (Å²) in [6, 6.07) is 10.1. The molecule has 0 aromatic carbocycles. The molecule has 6 nitrogen and oxygen atoms in total. The van der Waals surface area contributed by atoms with Gasteiger partial charge >= 0.3 is 0 Å². The maximum absolute atomic E-state index is 4.55. The highest BCUT2D eigenvalue weighted by Gasteiger charge is 2.13. The first-order chi connectivity index (χ1) is 12.3. The number of hydrogen-bond donors (Lipinski definition) is 2. The van der Waals surface area contributed by atoms with E-state index < -0.39 is 0 Å². The zero-order chi connectivity index (χ0) is 16.8. The molecule has 0 spiro atoms. The fraction of sp³-hybridized carbons (Fsp3) is 0.0526. The highest BCUT2D eigenvalue weighted by Crippen LogP contribution is 2.30. The Labute approximate surface area is 143 Å². The van der Waals surface area contributed by atoms with Crippen molar-refractivity contribution in [2.75, 3.05) is 0 Å². The third kappa shape index (κ3) is 2.19. The van der Waals surface area contributed by atoms with E-state index in [0.29, 0.717) is 0 Å². The van der Waals surface area contributed by atoms with Crippen LogP contribution in [0.5, 0.6) is 0 Å². The van der Waals surface area contributed by atoms with Crippen LogP contribution in [0.25, 0.3) is 44.6 Å². The molecule has 2 N–H and O–H groups in total. The molecule has 5 aromatic rings. The number of aromatic amines is 2. The Morgan fingerprint density at radius 1 is 1.00 bits per heavy atom. The minimum Gasteiger partial charge on any atom is -0.338 e. The van der Waals surface area contributed by atoms with E-state index in [4.69, 9.17) is 0 Å². The van der Waals surface area contributed by atoms with Gasteiger partial charge in [-0.25, -0.2) is 4.98 Å². The first-order valence-electron chi connectivity index (χ1n) is 7.99. The van der Waals surface area contributed by atoms with E-state index in [1.54, 1.807) is 12.4 Å². The molecule has 0 saturated carbocycles. The van der Waals surface area contributed by atoms with Gasteiger partial charge in [0.25, 0.3) is 0 Å². The number of pyridine rings is 3. The largest absolute Gasteiger partial charge is 0.338 e. The van der Waals surface area contributed by atoms with E-state index in [0.717, 1.165) is 50.1 Å². The lowest BCUT2D eigenvalue weighted by Gasteiger charge is -2.04. The van der Waals surface area contributed by atoms with Crippen molar-refractivity contribution >= 4 is 21.9 Å². The lowest BCUT2D eigenvalue weighted by Crippen LogP contribution is -1.88. The highest BCUT2D eigenvalue weighted by molar-refractivity contribution is 5.96. The van der Waals surface area contributed by atoms with Gasteiger partial charge in [-0.15, -0.1) is 0 Å². The number of nitrogens with zero attached hydrogens (tertiary/aromatic N) is 4. The molecule has 0 atom stereocenters. The second-order valence-corrected chi connectivity index (χ2v) is 6.00. The minimum absolute atomic E-state index is 0.853. The standard InChI is InChI=1S/C19H14N6/c1-11-4-6-20-9-14(11)15-8-13-17(10-22-15)24-25-18(13)16-7-12-3-2-5-21-19(12)23-16/h2-10H,1H3,(H,21,23)(H,24,25). The summed E-state index contributed by atoms with van der Waals surface area (Å²) in [5.74, 6) is 0. The van der Waals surface area contributed by atoms with Crippen LogP contribution in [0, 0.1) is 6.92 Å². The summed E-state index contributed by atoms with van der Waals surface area (Å²) in [5, 5.41) is 9.61. The van der Waals surface area contributed by atoms with Crippen molar-refractivity contribution < 1.29 is 0 Å². The Bertz CT molecular complexity index is 1180. The number of fused-ring (bicyclic) bond motifs is 2. The fourth-order valence-electron chi connectivity index (χ4n) is 3.09. The van der Waals surface area contributed by atoms with Gasteiger partial charge in [-0.1, -0.05) is 0 Å². The normalized spacial score (nSPS) is 11.4. The average Bonchev–Trinajstić information content (AvgIpc) is 3.25. The molecular formula is C19H14N6. The van der Waals surface area contributed by atoms with Crippen molar-refractivity contribution in [3.8, 4) is 22.6 Å². The van der Waals surface area contributed by atoms with Gasteiger partial charge in [0.05, 0.1) is 23.1 Å². The molecule has 5 aromatic heterocycles. The van der Waals surface area contributed by atoms with E-state index in [2.05, 4.69) is 49.2 Å². The van der Waals surface area contributed by atoms with E-state index in [1.165, 1.54) is 0 Å². The van der Waals surface area contributed by atoms with Gasteiger partial charge in [0, 0.05) is 34.9 Å². The molecule has 5 rings (SSSR count). The number of H-pyrrole nitrogens is 2. The fourth-order valence-corrected chi connectivity index (χ4v) is 3.09. The molecule has 0 saturated heterocycles. The van der Waals surface area contributed by atoms with Crippen LogP contribution in [-0.2, 0) is 0 Å². The van der Waals surface area contributed by atoms with Gasteiger partial charge < -0.3 is 4.98 Å². The van der Waals surface area contributed by atoms with E-state index in [-0.39, 0.29) is 0 Å². The Morgan fingerprint density at radius 2 is 1.96 bits per heavy atom. The molecule has 0 amide bonds. The van der Waals surface area contributed by atoms with Crippen LogP contribution in [0.15, 0.2) is 55.1 Å². The van der Waals surface area contributed by atoms with Crippen LogP contribution in [0.2, 0.25) is 0 Å². The van der Waals surface area contributed by atoms with Gasteiger partial charge in [-0.3, -0.25) is 15.1 Å². The topological polar surface area (TPSA) is 83.1 Å². The lowest BCUT2D eigenvalue weighted by atomic mass is 10.1. The molecular weight excluding hydrogens is 312 g/mol. The third-order valence-electron chi connectivity index (χ3n) is 4.41. The van der Waals surface area contributed by atoms with Gasteiger partial charge in [0.15, 0.2) is 0 Å². The molecule has 0 radical (unpaired) electrons. The smallest absolute Gasteiger partial charge is 0.137 e. The average molecular weight is 326 g/mol. The maximum atomic E-state index is 4.55. The summed E-state index contributed by atoms with van der Waals surface area (Å²) < 4.78 is 0. The molecule has 0 fully saturated rings. The van der Waals surface area contributed by atoms with Gasteiger partial charge in [-0.05, 0) is 42.8 Å². The molecule has 0 aliphatic heterocycles. The molecule has 120 valence electrons. The Balaban J connectivity index is 1.71. The number of nitrogens with one attached hydrogen (secondary N) is 2. The van der Waals surface area contributed by atoms with Crippen LogP contribution >= 0.6 is 0 Å². The van der Waals surface area contributed by atoms with Crippen molar-refractivity contribution in [2.45, 2.75) is 6.92 Å². The summed E-state index contributed by atoms with van der Waals surface area (Å²) >= 11 is 0. The number of hydrogen-bond acceptors (Lipinski definition) is 4. The molecule has 0 aliphatic carbocycles. The van der Waals surface area contributed by atoms with Gasteiger partial charge in [-0.2, -0.15) is 5.10 Å². The van der Waals surface area contributed by atoms with Crippen LogP contribution in [0.1, 0.15) is 5.56 Å². The zero-order valence-corrected chi connectivity index (χ0v) is 13.5. The van der Waals surface area contributed by atoms with Crippen molar-refractivity contribution in [1.82, 2.24) is 30.1 Å². The van der Waals surface area contributed by atoms with Crippen molar-refractivity contribution in [1.29, 1.82) is 0 Å². The first kappa shape index (κ1) is 13.9. The maximum Gasteiger partial charge on any atom is 0.137 e. The van der Waals surface area contributed by atoms with E-state index in [9.17, 15) is 0 Å². The second-order valence-electron chi connectivity index (χ2n) is 6.00. The minimum atomic E-state index is 0.853. The van der Waals surface area contributed by atoms with Crippen LogP contribution < -0.4 is 0 Å². The predicted octanol–water partition coefficient (Wildman–Crippen LogP) is 3.87. The quantitative estimate of drug-likeness (QED) is 0.516. The third-order valence-corrected chi connectivity index (χ3v) is 4.41. The Kier molecular flexibility index (Phi) is 2.90. The van der Waals surface area contributed by atoms with Gasteiger partial charge in [0.2, 0.25) is 0 Å². The van der Waals surface area contributed by atoms with Crippen molar-refractivity contribution in [3.05, 3.63) is 60.7 Å². The summed E-state index contributed by atoms with van der Waals surface area (Å²) in [5.41, 5.74) is 6.59. The monoisotopic (exact) mass is 326 g/mol. The van der Waals surface area contributed by atoms with Gasteiger partial charge in [0.1, 0.15) is 11.3 Å². The van der Waals surface area contributed by atoms with Crippen LogP contribution in [-0.4, -0.2) is 30.1 Å². The van der Waals surface area contributed by atoms with Crippen LogP contribution in [0.3, 0.4) is 0 Å². The lowest BCUT2D eigenvalue weighted by molar-refractivity contribution is 1.11. The molecule has 0 bridgehead atoms. The zero-order valence-electron chi connectivity index (χ0n) is 13.5. The Hall–Kier alpha value is -3.54. The molecule has 6 heteroatoms. The molecule has 0 aliphatic rings. The van der Waals surface area contributed by atoms with E-state index in [1.807, 2.05) is 30.6 Å². The summed E-state index contributed by atoms with van der Waals surface area (Å²) in [6.45, 7) is 2.06. The number of aromatic nitrogens is 6. The molecule has 25 heavy (non-hydrogen) atoms. The second kappa shape index (κ2) is 5.24.